The second kappa shape index (κ2) is 5.72. The second-order valence-corrected chi connectivity index (χ2v) is 6.23. The van der Waals surface area contributed by atoms with Crippen LogP contribution in [0.5, 0.6) is 0 Å². The Labute approximate surface area is 142 Å². The number of rotatable bonds is 3. The van der Waals surface area contributed by atoms with Gasteiger partial charge in [0, 0.05) is 22.9 Å². The van der Waals surface area contributed by atoms with E-state index >= 15 is 0 Å². The molecule has 2 heterocycles. The Kier molecular flexibility index (Phi) is 3.54. The highest BCUT2D eigenvalue weighted by atomic mass is 35.5. The summed E-state index contributed by atoms with van der Waals surface area (Å²) in [6.07, 6.45) is 0.701. The lowest BCUT2D eigenvalue weighted by molar-refractivity contribution is -0.117. The molecule has 0 aliphatic carbocycles. The van der Waals surface area contributed by atoms with Crippen molar-refractivity contribution in [3.05, 3.63) is 58.0 Å². The first-order valence-electron chi connectivity index (χ1n) is 7.66. The van der Waals surface area contributed by atoms with Crippen LogP contribution < -0.4 is 15.9 Å². The Balaban J connectivity index is 1.54. The van der Waals surface area contributed by atoms with E-state index in [9.17, 15) is 9.59 Å². The molecule has 0 bridgehead atoms. The quantitative estimate of drug-likeness (QED) is 0.684. The van der Waals surface area contributed by atoms with E-state index in [0.29, 0.717) is 23.5 Å². The largest absolute Gasteiger partial charge is 0.374 e. The van der Waals surface area contributed by atoms with E-state index in [2.05, 4.69) is 15.3 Å². The average molecular weight is 343 g/mol. The third kappa shape index (κ3) is 2.65. The van der Waals surface area contributed by atoms with Crippen LogP contribution >= 0.6 is 11.6 Å². The first-order chi connectivity index (χ1) is 11.6. The van der Waals surface area contributed by atoms with Crippen LogP contribution in [-0.4, -0.2) is 28.5 Å². The molecule has 3 N–H and O–H groups in total. The van der Waals surface area contributed by atoms with E-state index in [4.69, 9.17) is 11.6 Å². The number of hydrogen-bond donors (Lipinski definition) is 3. The summed E-state index contributed by atoms with van der Waals surface area (Å²) in [5.41, 5.74) is 2.81. The minimum Gasteiger partial charge on any atom is -0.374 e. The zero-order valence-electron chi connectivity index (χ0n) is 12.7. The lowest BCUT2D eigenvalue weighted by atomic mass is 10.2. The summed E-state index contributed by atoms with van der Waals surface area (Å²) in [4.78, 5) is 31.1. The molecule has 3 aromatic rings. The Morgan fingerprint density at radius 2 is 1.92 bits per heavy atom. The van der Waals surface area contributed by atoms with Gasteiger partial charge in [-0.1, -0.05) is 17.7 Å². The van der Waals surface area contributed by atoms with Gasteiger partial charge in [0.25, 0.3) is 0 Å². The third-order valence-corrected chi connectivity index (χ3v) is 4.42. The monoisotopic (exact) mass is 342 g/mol. The highest BCUT2D eigenvalue weighted by Gasteiger charge is 2.32. The van der Waals surface area contributed by atoms with Crippen LogP contribution in [0.3, 0.4) is 0 Å². The summed E-state index contributed by atoms with van der Waals surface area (Å²) >= 11 is 6.01. The van der Waals surface area contributed by atoms with Crippen molar-refractivity contribution in [3.63, 3.8) is 0 Å². The van der Waals surface area contributed by atoms with Crippen LogP contribution in [0.4, 0.5) is 11.4 Å². The van der Waals surface area contributed by atoms with Crippen LogP contribution in [-0.2, 0) is 4.79 Å². The van der Waals surface area contributed by atoms with Crippen LogP contribution in [0.1, 0.15) is 6.42 Å². The fraction of sp³-hybridized carbons (Fsp3) is 0.176. The topological polar surface area (TPSA) is 81.0 Å². The summed E-state index contributed by atoms with van der Waals surface area (Å²) in [7, 11) is 0. The highest BCUT2D eigenvalue weighted by molar-refractivity contribution is 6.31. The highest BCUT2D eigenvalue weighted by Crippen LogP contribution is 2.26. The van der Waals surface area contributed by atoms with Crippen LogP contribution in [0.15, 0.2) is 47.3 Å². The van der Waals surface area contributed by atoms with Gasteiger partial charge < -0.3 is 20.2 Å². The van der Waals surface area contributed by atoms with Crippen molar-refractivity contribution in [1.82, 2.24) is 9.97 Å². The van der Waals surface area contributed by atoms with Gasteiger partial charge in [-0.05, 0) is 42.8 Å². The van der Waals surface area contributed by atoms with Gasteiger partial charge in [-0.2, -0.15) is 0 Å². The molecule has 6 nitrogen and oxygen atoms in total. The molecule has 0 saturated carbocycles. The number of anilines is 2. The number of carbonyl (C=O) groups excluding carboxylic acids is 1. The standard InChI is InChI=1S/C17H15ClN4O2/c18-10-2-1-3-12(8-10)22-7-6-14(16(22)23)19-11-4-5-13-15(9-11)21-17(24)20-13/h1-5,8-9,14,19H,6-7H2,(H2,20,21,24)/t14-/m0/s1. The van der Waals surface area contributed by atoms with Crippen molar-refractivity contribution in [2.24, 2.45) is 0 Å². The van der Waals surface area contributed by atoms with Gasteiger partial charge in [0.05, 0.1) is 11.0 Å². The van der Waals surface area contributed by atoms with E-state index in [1.807, 2.05) is 30.3 Å². The van der Waals surface area contributed by atoms with Crippen LogP contribution in [0.2, 0.25) is 5.02 Å². The number of aromatic amines is 2. The van der Waals surface area contributed by atoms with Crippen molar-refractivity contribution >= 4 is 39.9 Å². The molecule has 1 fully saturated rings. The molecular formula is C17H15ClN4O2. The zero-order valence-corrected chi connectivity index (χ0v) is 13.4. The lowest BCUT2D eigenvalue weighted by Gasteiger charge is -2.18. The molecule has 1 aromatic heterocycles. The molecule has 7 heteroatoms. The Morgan fingerprint density at radius 3 is 2.75 bits per heavy atom. The first kappa shape index (κ1) is 14.8. The molecule has 4 rings (SSSR count). The zero-order chi connectivity index (χ0) is 16.7. The van der Waals surface area contributed by atoms with Gasteiger partial charge >= 0.3 is 5.69 Å². The molecule has 2 aromatic carbocycles. The molecule has 122 valence electrons. The number of amides is 1. The van der Waals surface area contributed by atoms with E-state index < -0.39 is 0 Å². The van der Waals surface area contributed by atoms with Crippen molar-refractivity contribution in [2.75, 3.05) is 16.8 Å². The average Bonchev–Trinajstić information content (AvgIpc) is 3.09. The smallest absolute Gasteiger partial charge is 0.323 e. The van der Waals surface area contributed by atoms with E-state index in [0.717, 1.165) is 16.9 Å². The molecule has 1 saturated heterocycles. The number of imidazole rings is 1. The van der Waals surface area contributed by atoms with Gasteiger partial charge in [0.1, 0.15) is 6.04 Å². The summed E-state index contributed by atoms with van der Waals surface area (Å²) in [6.45, 7) is 0.639. The molecule has 1 aliphatic heterocycles. The predicted octanol–water partition coefficient (Wildman–Crippen LogP) is 2.73. The molecular weight excluding hydrogens is 328 g/mol. The SMILES string of the molecule is O=C1[C@@H](Nc2ccc3[nH]c(=O)[nH]c3c2)CCN1c1cccc(Cl)c1. The van der Waals surface area contributed by atoms with Crippen molar-refractivity contribution in [2.45, 2.75) is 12.5 Å². The number of aromatic nitrogens is 2. The van der Waals surface area contributed by atoms with E-state index in [1.54, 1.807) is 17.0 Å². The summed E-state index contributed by atoms with van der Waals surface area (Å²) in [5.74, 6) is 0.0138. The van der Waals surface area contributed by atoms with Crippen molar-refractivity contribution < 1.29 is 4.79 Å². The number of hydrogen-bond acceptors (Lipinski definition) is 3. The molecule has 24 heavy (non-hydrogen) atoms. The molecule has 0 spiro atoms. The predicted molar refractivity (Wildman–Crippen MR) is 94.8 cm³/mol. The minimum absolute atomic E-state index is 0.0138. The first-order valence-corrected chi connectivity index (χ1v) is 8.03. The molecule has 1 atom stereocenters. The fourth-order valence-corrected chi connectivity index (χ4v) is 3.22. The van der Waals surface area contributed by atoms with Gasteiger partial charge in [0.15, 0.2) is 0 Å². The summed E-state index contributed by atoms with van der Waals surface area (Å²) < 4.78 is 0. The lowest BCUT2D eigenvalue weighted by Crippen LogP contribution is -2.33. The van der Waals surface area contributed by atoms with Crippen LogP contribution in [0.25, 0.3) is 11.0 Å². The number of halogens is 1. The van der Waals surface area contributed by atoms with Gasteiger partial charge in [-0.15, -0.1) is 0 Å². The normalized spacial score (nSPS) is 17.6. The molecule has 1 aliphatic rings. The fourth-order valence-electron chi connectivity index (χ4n) is 3.04. The summed E-state index contributed by atoms with van der Waals surface area (Å²) in [6, 6.07) is 12.5. The van der Waals surface area contributed by atoms with Crippen molar-refractivity contribution in [1.29, 1.82) is 0 Å². The second-order valence-electron chi connectivity index (χ2n) is 5.79. The van der Waals surface area contributed by atoms with Gasteiger partial charge in [-0.3, -0.25) is 4.79 Å². The van der Waals surface area contributed by atoms with Crippen molar-refractivity contribution in [3.8, 4) is 0 Å². The maximum absolute atomic E-state index is 12.6. The van der Waals surface area contributed by atoms with Gasteiger partial charge in [-0.25, -0.2) is 4.79 Å². The summed E-state index contributed by atoms with van der Waals surface area (Å²) in [5, 5.41) is 3.86. The number of carbonyl (C=O) groups is 1. The Morgan fingerprint density at radius 1 is 1.08 bits per heavy atom. The molecule has 0 radical (unpaired) electrons. The Bertz CT molecular complexity index is 978. The van der Waals surface area contributed by atoms with E-state index in [1.165, 1.54) is 0 Å². The van der Waals surface area contributed by atoms with Crippen LogP contribution in [0, 0.1) is 0 Å². The van der Waals surface area contributed by atoms with E-state index in [-0.39, 0.29) is 17.6 Å². The number of nitrogens with zero attached hydrogens (tertiary/aromatic N) is 1. The number of H-pyrrole nitrogens is 2. The van der Waals surface area contributed by atoms with Gasteiger partial charge in [0.2, 0.25) is 5.91 Å². The number of nitrogens with one attached hydrogen (secondary N) is 3. The molecule has 0 unspecified atom stereocenters. The Hall–Kier alpha value is -2.73. The maximum Gasteiger partial charge on any atom is 0.323 e. The number of benzene rings is 2. The third-order valence-electron chi connectivity index (χ3n) is 4.18. The number of fused-ring (bicyclic) bond motifs is 1. The maximum atomic E-state index is 12.6. The molecule has 1 amide bonds. The minimum atomic E-state index is -0.299.